The molecule has 44 heavy (non-hydrogen) atoms. The first kappa shape index (κ1) is 28.8. The number of anilines is 2. The zero-order chi connectivity index (χ0) is 30.3. The lowest BCUT2D eigenvalue weighted by molar-refractivity contribution is -0.116. The van der Waals surface area contributed by atoms with Crippen LogP contribution in [-0.4, -0.2) is 30.0 Å². The van der Waals surface area contributed by atoms with Gasteiger partial charge in [-0.3, -0.25) is 14.4 Å². The van der Waals surface area contributed by atoms with Crippen molar-refractivity contribution in [1.82, 2.24) is 5.32 Å². The Balaban J connectivity index is 1.13. The summed E-state index contributed by atoms with van der Waals surface area (Å²) in [6.07, 6.45) is 2.38. The smallest absolute Gasteiger partial charge is 0.272 e. The summed E-state index contributed by atoms with van der Waals surface area (Å²) < 4.78 is 5.96. The maximum atomic E-state index is 13.4. The Hall–Kier alpha value is -5.34. The molecule has 1 aliphatic rings. The average molecular weight is 600 g/mol. The van der Waals surface area contributed by atoms with Crippen LogP contribution in [0.15, 0.2) is 136 Å². The molecule has 218 valence electrons. The van der Waals surface area contributed by atoms with Gasteiger partial charge in [-0.05, 0) is 66.6 Å². The van der Waals surface area contributed by atoms with Crippen LogP contribution in [0.1, 0.15) is 21.7 Å². The third kappa shape index (κ3) is 6.82. The van der Waals surface area contributed by atoms with Crippen LogP contribution < -0.4 is 15.5 Å². The molecule has 8 heteroatoms. The van der Waals surface area contributed by atoms with Gasteiger partial charge in [0.25, 0.3) is 11.8 Å². The number of thioether (sulfide) groups is 1. The molecule has 5 aromatic rings. The molecule has 4 aromatic carbocycles. The number of hydrogen-bond acceptors (Lipinski definition) is 5. The number of rotatable bonds is 9. The maximum absolute atomic E-state index is 13.4. The lowest BCUT2D eigenvalue weighted by atomic mass is 10.2. The van der Waals surface area contributed by atoms with Gasteiger partial charge in [-0.1, -0.05) is 66.7 Å². The summed E-state index contributed by atoms with van der Waals surface area (Å²) in [6, 6.07) is 37.1. The standard InChI is InChI=1S/C36H29N3O4S/c40-34(39-22-21-25-9-7-8-14-32(25)39)24-44-30-18-15-28(16-19-30)37-36(42)31(38-35(41)27-12-5-2-6-13-27)23-29-17-20-33(43-29)26-10-3-1-4-11-26/h1-20,23H,21-22,24H2,(H,37,42)(H,38,41)/b31-23+. The minimum absolute atomic E-state index is 0.0303. The van der Waals surface area contributed by atoms with Gasteiger partial charge >= 0.3 is 0 Å². The third-order valence-corrected chi connectivity index (χ3v) is 8.16. The first-order valence-electron chi connectivity index (χ1n) is 14.2. The predicted molar refractivity (Wildman–Crippen MR) is 174 cm³/mol. The van der Waals surface area contributed by atoms with Gasteiger partial charge < -0.3 is 20.0 Å². The monoisotopic (exact) mass is 599 g/mol. The Morgan fingerprint density at radius 1 is 0.795 bits per heavy atom. The number of nitrogens with one attached hydrogen (secondary N) is 2. The molecule has 0 radical (unpaired) electrons. The summed E-state index contributed by atoms with van der Waals surface area (Å²) in [5, 5.41) is 5.59. The number of nitrogens with zero attached hydrogens (tertiary/aromatic N) is 1. The highest BCUT2D eigenvalue weighted by Gasteiger charge is 2.24. The molecule has 1 aliphatic heterocycles. The number of para-hydroxylation sites is 1. The molecular weight excluding hydrogens is 570 g/mol. The van der Waals surface area contributed by atoms with Crippen LogP contribution in [0.5, 0.6) is 0 Å². The highest BCUT2D eigenvalue weighted by Crippen LogP contribution is 2.29. The van der Waals surface area contributed by atoms with Gasteiger partial charge in [0.05, 0.1) is 5.75 Å². The van der Waals surface area contributed by atoms with Crippen LogP contribution in [0.4, 0.5) is 11.4 Å². The van der Waals surface area contributed by atoms with Gasteiger partial charge in [-0.25, -0.2) is 0 Å². The molecule has 0 fully saturated rings. The van der Waals surface area contributed by atoms with Crippen molar-refractivity contribution in [3.05, 3.63) is 144 Å². The third-order valence-electron chi connectivity index (χ3n) is 7.16. The van der Waals surface area contributed by atoms with Gasteiger partial charge in [-0.15, -0.1) is 11.8 Å². The van der Waals surface area contributed by atoms with E-state index in [0.29, 0.717) is 35.1 Å². The molecule has 0 atom stereocenters. The van der Waals surface area contributed by atoms with Crippen LogP contribution in [0, 0.1) is 0 Å². The van der Waals surface area contributed by atoms with Crippen molar-refractivity contribution in [2.75, 3.05) is 22.5 Å². The predicted octanol–water partition coefficient (Wildman–Crippen LogP) is 7.04. The van der Waals surface area contributed by atoms with Crippen molar-refractivity contribution < 1.29 is 18.8 Å². The van der Waals surface area contributed by atoms with Crippen molar-refractivity contribution in [2.45, 2.75) is 11.3 Å². The van der Waals surface area contributed by atoms with Crippen LogP contribution in [0.25, 0.3) is 17.4 Å². The van der Waals surface area contributed by atoms with E-state index in [0.717, 1.165) is 22.6 Å². The number of furan rings is 1. The number of hydrogen-bond donors (Lipinski definition) is 2. The van der Waals surface area contributed by atoms with Gasteiger partial charge in [-0.2, -0.15) is 0 Å². The van der Waals surface area contributed by atoms with Crippen LogP contribution in [0.2, 0.25) is 0 Å². The Kier molecular flexibility index (Phi) is 8.70. The molecule has 0 unspecified atom stereocenters. The van der Waals surface area contributed by atoms with Gasteiger partial charge in [0.1, 0.15) is 17.2 Å². The molecule has 3 amide bonds. The summed E-state index contributed by atoms with van der Waals surface area (Å²) in [5.74, 6) is 0.515. The summed E-state index contributed by atoms with van der Waals surface area (Å²) in [6.45, 7) is 0.700. The number of amides is 3. The summed E-state index contributed by atoms with van der Waals surface area (Å²) in [4.78, 5) is 42.0. The molecule has 0 saturated carbocycles. The van der Waals surface area contributed by atoms with E-state index < -0.39 is 11.8 Å². The van der Waals surface area contributed by atoms with Gasteiger partial charge in [0.15, 0.2) is 0 Å². The second-order valence-electron chi connectivity index (χ2n) is 10.1. The average Bonchev–Trinajstić information content (AvgIpc) is 3.72. The summed E-state index contributed by atoms with van der Waals surface area (Å²) >= 11 is 1.45. The number of benzene rings is 4. The molecule has 2 N–H and O–H groups in total. The zero-order valence-corrected chi connectivity index (χ0v) is 24.6. The van der Waals surface area contributed by atoms with Crippen molar-refractivity contribution in [3.8, 4) is 11.3 Å². The maximum Gasteiger partial charge on any atom is 0.272 e. The highest BCUT2D eigenvalue weighted by atomic mass is 32.2. The van der Waals surface area contributed by atoms with Gasteiger partial charge in [0.2, 0.25) is 5.91 Å². The van der Waals surface area contributed by atoms with E-state index in [1.165, 1.54) is 23.4 Å². The quantitative estimate of drug-likeness (QED) is 0.140. The molecule has 0 spiro atoms. The molecule has 1 aromatic heterocycles. The number of fused-ring (bicyclic) bond motifs is 1. The van der Waals surface area contributed by atoms with E-state index >= 15 is 0 Å². The second-order valence-corrected chi connectivity index (χ2v) is 11.2. The lowest BCUT2D eigenvalue weighted by Gasteiger charge is -2.17. The topological polar surface area (TPSA) is 91.7 Å². The Morgan fingerprint density at radius 2 is 1.50 bits per heavy atom. The lowest BCUT2D eigenvalue weighted by Crippen LogP contribution is -2.30. The molecule has 0 aliphatic carbocycles. The van der Waals surface area contributed by atoms with E-state index in [4.69, 9.17) is 4.42 Å². The largest absolute Gasteiger partial charge is 0.457 e. The normalized spacial score (nSPS) is 12.5. The Labute approximate surface area is 259 Å². The number of carbonyl (C=O) groups is 3. The minimum Gasteiger partial charge on any atom is -0.457 e. The second kappa shape index (κ2) is 13.3. The van der Waals surface area contributed by atoms with Crippen molar-refractivity contribution in [2.24, 2.45) is 0 Å². The molecule has 0 saturated heterocycles. The zero-order valence-electron chi connectivity index (χ0n) is 23.7. The van der Waals surface area contributed by atoms with Crippen molar-refractivity contribution in [3.63, 3.8) is 0 Å². The fraction of sp³-hybridized carbons (Fsp3) is 0.0833. The van der Waals surface area contributed by atoms with E-state index in [9.17, 15) is 14.4 Å². The number of carbonyl (C=O) groups excluding carboxylic acids is 3. The fourth-order valence-electron chi connectivity index (χ4n) is 4.93. The highest BCUT2D eigenvalue weighted by molar-refractivity contribution is 8.00. The van der Waals surface area contributed by atoms with E-state index in [1.54, 1.807) is 42.5 Å². The van der Waals surface area contributed by atoms with E-state index in [-0.39, 0.29) is 11.6 Å². The van der Waals surface area contributed by atoms with Crippen LogP contribution >= 0.6 is 11.8 Å². The van der Waals surface area contributed by atoms with E-state index in [2.05, 4.69) is 16.7 Å². The molecular formula is C36H29N3O4S. The first-order valence-corrected chi connectivity index (χ1v) is 15.2. The fourth-order valence-corrected chi connectivity index (χ4v) is 5.70. The molecule has 6 rings (SSSR count). The SMILES string of the molecule is O=C(Nc1ccc(SCC(=O)N2CCc3ccccc32)cc1)/C(=C\c1ccc(-c2ccccc2)o1)NC(=O)c1ccccc1. The van der Waals surface area contributed by atoms with Gasteiger partial charge in [0, 0.05) is 40.0 Å². The minimum atomic E-state index is -0.504. The molecule has 0 bridgehead atoms. The Bertz CT molecular complexity index is 1820. The summed E-state index contributed by atoms with van der Waals surface area (Å²) in [5.41, 5.74) is 4.08. The molecule has 2 heterocycles. The van der Waals surface area contributed by atoms with Crippen molar-refractivity contribution >= 4 is 46.9 Å². The van der Waals surface area contributed by atoms with Crippen LogP contribution in [-0.2, 0) is 16.0 Å². The van der Waals surface area contributed by atoms with Crippen LogP contribution in [0.3, 0.4) is 0 Å². The Morgan fingerprint density at radius 3 is 2.27 bits per heavy atom. The first-order chi connectivity index (χ1) is 21.5. The molecule has 7 nitrogen and oxygen atoms in total. The van der Waals surface area contributed by atoms with Crippen molar-refractivity contribution in [1.29, 1.82) is 0 Å². The van der Waals surface area contributed by atoms with E-state index in [1.807, 2.05) is 77.7 Å². The summed E-state index contributed by atoms with van der Waals surface area (Å²) in [7, 11) is 0.